The van der Waals surface area contributed by atoms with Gasteiger partial charge in [0.2, 0.25) is 0 Å². The Morgan fingerprint density at radius 1 is 0.927 bits per heavy atom. The van der Waals surface area contributed by atoms with Gasteiger partial charge in [-0.25, -0.2) is 4.79 Å². The molecule has 3 atom stereocenters. The first-order valence-electron chi connectivity index (χ1n) is 12.6. The summed E-state index contributed by atoms with van der Waals surface area (Å²) >= 11 is 1.11. The van der Waals surface area contributed by atoms with Gasteiger partial charge in [0.15, 0.2) is 23.7 Å². The van der Waals surface area contributed by atoms with Crippen molar-refractivity contribution in [3.05, 3.63) is 119 Å². The van der Waals surface area contributed by atoms with Crippen molar-refractivity contribution in [1.82, 2.24) is 10.2 Å². The Balaban J connectivity index is 1.42. The van der Waals surface area contributed by atoms with Gasteiger partial charge in [-0.2, -0.15) is 8.42 Å². The predicted molar refractivity (Wildman–Crippen MR) is 150 cm³/mol. The zero-order valence-corrected chi connectivity index (χ0v) is 23.4. The third-order valence-electron chi connectivity index (χ3n) is 6.47. The first-order chi connectivity index (χ1) is 19.6. The number of aliphatic hydroxyl groups excluding tert-OH is 1. The molecular formula is C29H26N2O8S2. The third kappa shape index (κ3) is 6.14. The van der Waals surface area contributed by atoms with Crippen molar-refractivity contribution in [1.29, 1.82) is 0 Å². The number of benzene rings is 3. The second-order valence-electron chi connectivity index (χ2n) is 9.38. The smallest absolute Gasteiger partial charge is 0.359 e. The molecule has 0 aromatic heterocycles. The summed E-state index contributed by atoms with van der Waals surface area (Å²) in [6.07, 6.45) is -1.53. The number of fused-ring (bicyclic) bond motifs is 1. The lowest BCUT2D eigenvalue weighted by molar-refractivity contribution is -0.155. The molecule has 2 N–H and O–H groups in total. The van der Waals surface area contributed by atoms with Crippen LogP contribution < -0.4 is 5.32 Å². The molecule has 2 aliphatic rings. The Hall–Kier alpha value is -4.13. The molecule has 3 aromatic rings. The number of ether oxygens (including phenoxy) is 1. The Morgan fingerprint density at radius 3 is 1.95 bits per heavy atom. The van der Waals surface area contributed by atoms with Gasteiger partial charge in [0.1, 0.15) is 11.4 Å². The van der Waals surface area contributed by atoms with Crippen molar-refractivity contribution in [2.75, 3.05) is 12.0 Å². The van der Waals surface area contributed by atoms with E-state index in [-0.39, 0.29) is 17.2 Å². The van der Waals surface area contributed by atoms with Crippen LogP contribution in [0.4, 0.5) is 0 Å². The zero-order valence-electron chi connectivity index (χ0n) is 21.7. The number of β-lactam (4-membered cyclic amide) rings is 1. The molecule has 12 heteroatoms. The average Bonchev–Trinajstić information content (AvgIpc) is 2.98. The van der Waals surface area contributed by atoms with Gasteiger partial charge in [0.25, 0.3) is 11.8 Å². The van der Waals surface area contributed by atoms with E-state index in [2.05, 4.69) is 5.32 Å². The highest BCUT2D eigenvalue weighted by atomic mass is 32.2. The lowest BCUT2D eigenvalue weighted by Gasteiger charge is -2.49. The molecular weight excluding hydrogens is 568 g/mol. The minimum Gasteiger partial charge on any atom is -0.448 e. The molecule has 41 heavy (non-hydrogen) atoms. The third-order valence-corrected chi connectivity index (χ3v) is 8.23. The van der Waals surface area contributed by atoms with E-state index in [0.29, 0.717) is 16.7 Å². The lowest BCUT2D eigenvalue weighted by atomic mass is 10.0. The zero-order chi connectivity index (χ0) is 29.1. The van der Waals surface area contributed by atoms with Gasteiger partial charge >= 0.3 is 16.1 Å². The molecule has 2 heterocycles. The molecule has 2 amide bonds. The predicted octanol–water partition coefficient (Wildman–Crippen LogP) is 2.64. The number of hydrogen-bond acceptors (Lipinski definition) is 9. The lowest BCUT2D eigenvalue weighted by Crippen LogP contribution is -2.71. The average molecular weight is 595 g/mol. The fourth-order valence-corrected chi connectivity index (χ4v) is 6.42. The number of rotatable bonds is 9. The summed E-state index contributed by atoms with van der Waals surface area (Å²) in [5, 5.41) is 12.2. The number of aliphatic hydroxyl groups is 1. The van der Waals surface area contributed by atoms with Crippen molar-refractivity contribution in [2.45, 2.75) is 23.6 Å². The number of hydrogen-bond donors (Lipinski definition) is 2. The highest BCUT2D eigenvalue weighted by molar-refractivity contribution is 8.00. The van der Waals surface area contributed by atoms with Gasteiger partial charge in [0.05, 0.1) is 12.0 Å². The molecule has 10 nitrogen and oxygen atoms in total. The van der Waals surface area contributed by atoms with E-state index in [1.54, 1.807) is 78.9 Å². The topological polar surface area (TPSA) is 139 Å². The van der Waals surface area contributed by atoms with Crippen LogP contribution in [0.15, 0.2) is 102 Å². The minimum absolute atomic E-state index is 0.0824. The molecule has 0 radical (unpaired) electrons. The van der Waals surface area contributed by atoms with Crippen molar-refractivity contribution in [3.8, 4) is 0 Å². The van der Waals surface area contributed by atoms with Crippen LogP contribution in [0.2, 0.25) is 0 Å². The van der Waals surface area contributed by atoms with Crippen molar-refractivity contribution >= 4 is 39.7 Å². The number of esters is 1. The monoisotopic (exact) mass is 594 g/mol. The molecule has 1 fully saturated rings. The summed E-state index contributed by atoms with van der Waals surface area (Å²) in [6.45, 7) is 0. The molecule has 0 saturated carbocycles. The van der Waals surface area contributed by atoms with Gasteiger partial charge in [0, 0.05) is 0 Å². The van der Waals surface area contributed by atoms with E-state index in [4.69, 9.17) is 8.92 Å². The van der Waals surface area contributed by atoms with Gasteiger partial charge in [-0.1, -0.05) is 91.0 Å². The molecule has 0 bridgehead atoms. The van der Waals surface area contributed by atoms with Gasteiger partial charge in [-0.05, 0) is 16.7 Å². The maximum Gasteiger partial charge on any atom is 0.359 e. The molecule has 3 aromatic carbocycles. The Labute approximate surface area is 241 Å². The number of carbonyl (C=O) groups is 3. The van der Waals surface area contributed by atoms with Crippen LogP contribution in [0.1, 0.15) is 28.9 Å². The molecule has 0 spiro atoms. The highest BCUT2D eigenvalue weighted by Gasteiger charge is 2.56. The van der Waals surface area contributed by atoms with Crippen molar-refractivity contribution < 1.29 is 36.8 Å². The van der Waals surface area contributed by atoms with Gasteiger partial charge in [-0.3, -0.25) is 14.5 Å². The largest absolute Gasteiger partial charge is 0.448 e. The molecule has 5 rings (SSSR count). The second kappa shape index (κ2) is 11.8. The first-order valence-corrected chi connectivity index (χ1v) is 15.4. The normalized spacial score (nSPS) is 19.2. The van der Waals surface area contributed by atoms with Crippen LogP contribution >= 0.6 is 11.8 Å². The number of carbonyl (C=O) groups excluding carboxylic acids is 3. The van der Waals surface area contributed by atoms with Gasteiger partial charge < -0.3 is 19.3 Å². The summed E-state index contributed by atoms with van der Waals surface area (Å²) in [7, 11) is -4.05. The van der Waals surface area contributed by atoms with Crippen LogP contribution in [0, 0.1) is 0 Å². The summed E-state index contributed by atoms with van der Waals surface area (Å²) in [5.74, 6) is -2.75. The second-order valence-corrected chi connectivity index (χ2v) is 12.1. The Kier molecular flexibility index (Phi) is 8.15. The van der Waals surface area contributed by atoms with E-state index in [1.165, 1.54) is 0 Å². The van der Waals surface area contributed by atoms with Crippen LogP contribution in [0.25, 0.3) is 0 Å². The molecule has 2 aliphatic heterocycles. The molecule has 0 aliphatic carbocycles. The van der Waals surface area contributed by atoms with E-state index in [9.17, 15) is 27.9 Å². The standard InChI is InChI=1S/C29H26N2O8S2/c1-41(36,37)39-21-17-40-28-22(30-26(33)24(32)18-11-5-2-6-12-18)27(34)31(28)23(21)29(35)38-25(19-13-7-3-8-14-19)20-15-9-4-10-16-20/h2-16,22,24-25,28,32H,17H2,1H3,(H,30,33)/t22?,24-,28-/m1/s1. The van der Waals surface area contributed by atoms with E-state index in [1.807, 2.05) is 12.1 Å². The fraction of sp³-hybridized carbons (Fsp3) is 0.207. The summed E-state index contributed by atoms with van der Waals surface area (Å²) in [5.41, 5.74) is 1.32. The summed E-state index contributed by atoms with van der Waals surface area (Å²) in [6, 6.07) is 25.1. The van der Waals surface area contributed by atoms with Crippen molar-refractivity contribution in [3.63, 3.8) is 0 Å². The van der Waals surface area contributed by atoms with Gasteiger partial charge in [-0.15, -0.1) is 11.8 Å². The number of nitrogens with zero attached hydrogens (tertiary/aromatic N) is 1. The maximum atomic E-state index is 13.7. The van der Waals surface area contributed by atoms with Crippen LogP contribution in [-0.2, 0) is 33.4 Å². The molecule has 1 saturated heterocycles. The first kappa shape index (κ1) is 28.4. The number of thioether (sulfide) groups is 1. The van der Waals surface area contributed by atoms with Crippen LogP contribution in [-0.4, -0.2) is 59.6 Å². The summed E-state index contributed by atoms with van der Waals surface area (Å²) < 4.78 is 35.1. The number of nitrogens with one attached hydrogen (secondary N) is 1. The SMILES string of the molecule is CS(=O)(=O)OC1=C(C(=O)OC(c2ccccc2)c2ccccc2)N2C(=O)C(NC(=O)[C@H](O)c3ccccc3)[C@H]2SC1. The quantitative estimate of drug-likeness (QED) is 0.217. The van der Waals surface area contributed by atoms with E-state index >= 15 is 0 Å². The van der Waals surface area contributed by atoms with Crippen LogP contribution in [0.5, 0.6) is 0 Å². The molecule has 1 unspecified atom stereocenters. The van der Waals surface area contributed by atoms with Crippen molar-refractivity contribution in [2.24, 2.45) is 0 Å². The van der Waals surface area contributed by atoms with E-state index < -0.39 is 51.5 Å². The number of amides is 2. The fourth-order valence-electron chi connectivity index (χ4n) is 4.59. The van der Waals surface area contributed by atoms with E-state index in [0.717, 1.165) is 22.9 Å². The minimum atomic E-state index is -4.05. The molecule has 212 valence electrons. The Morgan fingerprint density at radius 2 is 1.44 bits per heavy atom. The van der Waals surface area contributed by atoms with Crippen LogP contribution in [0.3, 0.4) is 0 Å². The highest BCUT2D eigenvalue weighted by Crippen LogP contribution is 2.42. The summed E-state index contributed by atoms with van der Waals surface area (Å²) in [4.78, 5) is 40.9. The maximum absolute atomic E-state index is 13.7. The Bertz CT molecular complexity index is 1540.